The van der Waals surface area contributed by atoms with Crippen LogP contribution in [-0.4, -0.2) is 17.6 Å². The van der Waals surface area contributed by atoms with Crippen LogP contribution in [0.25, 0.3) is 10.9 Å². The Morgan fingerprint density at radius 3 is 2.55 bits per heavy atom. The number of rotatable bonds is 2. The first-order valence-electron chi connectivity index (χ1n) is 6.06. The van der Waals surface area contributed by atoms with E-state index in [1.54, 1.807) is 0 Å². The van der Waals surface area contributed by atoms with Gasteiger partial charge in [0.15, 0.2) is 0 Å². The zero-order valence-corrected chi connectivity index (χ0v) is 11.2. The lowest BCUT2D eigenvalue weighted by atomic mass is 10.1. The number of halogens is 4. The van der Waals surface area contributed by atoms with Crippen molar-refractivity contribution >= 4 is 22.6 Å². The number of pyridine rings is 1. The summed E-state index contributed by atoms with van der Waals surface area (Å²) < 4.78 is 56.2. The van der Waals surface area contributed by atoms with Crippen molar-refractivity contribution in [2.24, 2.45) is 0 Å². The predicted molar refractivity (Wildman–Crippen MR) is 69.9 cm³/mol. The third-order valence-corrected chi connectivity index (χ3v) is 2.93. The summed E-state index contributed by atoms with van der Waals surface area (Å²) in [6, 6.07) is 0.948. The number of ether oxygens (including phenoxy) is 1. The molecule has 0 aliphatic carbocycles. The summed E-state index contributed by atoms with van der Waals surface area (Å²) in [5.41, 5.74) is 1.71. The lowest BCUT2D eigenvalue weighted by Gasteiger charge is -2.12. The molecule has 3 N–H and O–H groups in total. The number of esters is 1. The molecule has 0 spiro atoms. The van der Waals surface area contributed by atoms with Gasteiger partial charge in [-0.15, -0.1) is 0 Å². The number of hydrogen-bond donors (Lipinski definition) is 2. The van der Waals surface area contributed by atoms with Crippen molar-refractivity contribution in [1.82, 2.24) is 4.98 Å². The van der Waals surface area contributed by atoms with Gasteiger partial charge in [-0.05, 0) is 19.1 Å². The molecule has 118 valence electrons. The highest BCUT2D eigenvalue weighted by atomic mass is 19.4. The summed E-state index contributed by atoms with van der Waals surface area (Å²) in [5, 5.41) is -0.215. The molecule has 0 atom stereocenters. The average Bonchev–Trinajstić information content (AvgIpc) is 2.38. The smallest absolute Gasteiger partial charge is 0.419 e. The van der Waals surface area contributed by atoms with Crippen LogP contribution in [0.1, 0.15) is 22.8 Å². The summed E-state index contributed by atoms with van der Waals surface area (Å²) >= 11 is 0. The highest BCUT2D eigenvalue weighted by molar-refractivity contribution is 6.04. The van der Waals surface area contributed by atoms with Gasteiger partial charge in [-0.2, -0.15) is 13.2 Å². The normalized spacial score (nSPS) is 11.7. The Morgan fingerprint density at radius 1 is 1.36 bits per heavy atom. The largest absolute Gasteiger partial charge is 0.462 e. The van der Waals surface area contributed by atoms with Gasteiger partial charge in [0.25, 0.3) is 5.56 Å². The highest BCUT2D eigenvalue weighted by Crippen LogP contribution is 2.34. The second kappa shape index (κ2) is 5.32. The lowest BCUT2D eigenvalue weighted by Crippen LogP contribution is -2.22. The van der Waals surface area contributed by atoms with Gasteiger partial charge in [0, 0.05) is 5.39 Å². The summed E-state index contributed by atoms with van der Waals surface area (Å²) in [5.74, 6) is -2.60. The summed E-state index contributed by atoms with van der Waals surface area (Å²) in [4.78, 5) is 25.5. The molecule has 2 aromatic rings. The van der Waals surface area contributed by atoms with Crippen molar-refractivity contribution in [2.45, 2.75) is 13.1 Å². The maximum absolute atomic E-state index is 13.6. The monoisotopic (exact) mass is 318 g/mol. The molecule has 22 heavy (non-hydrogen) atoms. The van der Waals surface area contributed by atoms with Gasteiger partial charge < -0.3 is 15.5 Å². The van der Waals surface area contributed by atoms with Gasteiger partial charge in [0.05, 0.1) is 23.4 Å². The summed E-state index contributed by atoms with van der Waals surface area (Å²) in [6.45, 7) is 1.47. The molecule has 0 amide bonds. The van der Waals surface area contributed by atoms with Crippen molar-refractivity contribution in [2.75, 3.05) is 12.3 Å². The first-order valence-corrected chi connectivity index (χ1v) is 6.06. The quantitative estimate of drug-likeness (QED) is 0.658. The van der Waals surface area contributed by atoms with Crippen LogP contribution in [-0.2, 0) is 10.9 Å². The van der Waals surface area contributed by atoms with Gasteiger partial charge in [0.1, 0.15) is 11.4 Å². The van der Waals surface area contributed by atoms with Crippen molar-refractivity contribution in [3.05, 3.63) is 39.4 Å². The van der Waals surface area contributed by atoms with Gasteiger partial charge in [-0.1, -0.05) is 0 Å². The first-order chi connectivity index (χ1) is 10.2. The fourth-order valence-electron chi connectivity index (χ4n) is 1.96. The number of H-pyrrole nitrogens is 1. The number of fused-ring (bicyclic) bond motifs is 1. The van der Waals surface area contributed by atoms with E-state index in [0.29, 0.717) is 12.1 Å². The molecule has 1 heterocycles. The average molecular weight is 318 g/mol. The standard InChI is InChI=1S/C13H10F4N2O3/c1-2-22-12(21)9-10(18)5-3-7(14)6(13(15,16)17)4-8(5)19-11(9)20/h3-4H,2H2,1H3,(H3,18,19,20). The van der Waals surface area contributed by atoms with E-state index in [9.17, 15) is 27.2 Å². The number of anilines is 1. The molecule has 0 aliphatic heterocycles. The van der Waals surface area contributed by atoms with Crippen LogP contribution in [0.5, 0.6) is 0 Å². The van der Waals surface area contributed by atoms with E-state index in [1.807, 2.05) is 0 Å². The maximum atomic E-state index is 13.6. The number of nitrogen functional groups attached to an aromatic ring is 1. The first kappa shape index (κ1) is 15.8. The van der Waals surface area contributed by atoms with Crippen molar-refractivity contribution < 1.29 is 27.1 Å². The van der Waals surface area contributed by atoms with Crippen LogP contribution < -0.4 is 11.3 Å². The van der Waals surface area contributed by atoms with E-state index in [-0.39, 0.29) is 17.5 Å². The summed E-state index contributed by atoms with van der Waals surface area (Å²) in [6.07, 6.45) is -4.93. The molecule has 0 radical (unpaired) electrons. The lowest BCUT2D eigenvalue weighted by molar-refractivity contribution is -0.139. The number of hydrogen-bond acceptors (Lipinski definition) is 4. The van der Waals surface area contributed by atoms with Crippen molar-refractivity contribution in [1.29, 1.82) is 0 Å². The van der Waals surface area contributed by atoms with Crippen LogP contribution in [0.3, 0.4) is 0 Å². The minimum atomic E-state index is -4.93. The maximum Gasteiger partial charge on any atom is 0.419 e. The molecule has 0 saturated heterocycles. The molecule has 5 nitrogen and oxygen atoms in total. The van der Waals surface area contributed by atoms with Gasteiger partial charge >= 0.3 is 12.1 Å². The second-order valence-corrected chi connectivity index (χ2v) is 4.34. The number of benzene rings is 1. The van der Waals surface area contributed by atoms with E-state index in [1.165, 1.54) is 6.92 Å². The molecular formula is C13H10F4N2O3. The topological polar surface area (TPSA) is 85.2 Å². The SMILES string of the molecule is CCOC(=O)c1c(N)c2cc(F)c(C(F)(F)F)cc2[nH]c1=O. The third-order valence-electron chi connectivity index (χ3n) is 2.93. The molecule has 0 fully saturated rings. The number of aromatic amines is 1. The van der Waals surface area contributed by atoms with Crippen LogP contribution in [0, 0.1) is 5.82 Å². The van der Waals surface area contributed by atoms with Crippen LogP contribution in [0.4, 0.5) is 23.2 Å². The number of alkyl halides is 3. The zero-order chi connectivity index (χ0) is 16.7. The molecule has 2 rings (SSSR count). The Morgan fingerprint density at radius 2 is 2.00 bits per heavy atom. The zero-order valence-electron chi connectivity index (χ0n) is 11.2. The van der Waals surface area contributed by atoms with Gasteiger partial charge in [-0.25, -0.2) is 9.18 Å². The second-order valence-electron chi connectivity index (χ2n) is 4.34. The van der Waals surface area contributed by atoms with Gasteiger partial charge in [-0.3, -0.25) is 4.79 Å². The Balaban J connectivity index is 2.78. The Labute approximate surface area is 120 Å². The fraction of sp³-hybridized carbons (Fsp3) is 0.231. The molecule has 0 unspecified atom stereocenters. The van der Waals surface area contributed by atoms with Crippen LogP contribution in [0.2, 0.25) is 0 Å². The molecular weight excluding hydrogens is 308 g/mol. The van der Waals surface area contributed by atoms with E-state index in [0.717, 1.165) is 0 Å². The third kappa shape index (κ3) is 2.61. The highest BCUT2D eigenvalue weighted by Gasteiger charge is 2.35. The minimum Gasteiger partial charge on any atom is -0.462 e. The van der Waals surface area contributed by atoms with E-state index in [2.05, 4.69) is 9.72 Å². The molecule has 9 heteroatoms. The van der Waals surface area contributed by atoms with Crippen LogP contribution >= 0.6 is 0 Å². The van der Waals surface area contributed by atoms with Gasteiger partial charge in [0.2, 0.25) is 0 Å². The number of aromatic nitrogens is 1. The Bertz CT molecular complexity index is 812. The Hall–Kier alpha value is -2.58. The molecule has 1 aromatic heterocycles. The molecule has 1 aromatic carbocycles. The van der Waals surface area contributed by atoms with Crippen LogP contribution in [0.15, 0.2) is 16.9 Å². The van der Waals surface area contributed by atoms with E-state index in [4.69, 9.17) is 5.73 Å². The molecule has 0 bridgehead atoms. The van der Waals surface area contributed by atoms with Crippen molar-refractivity contribution in [3.8, 4) is 0 Å². The van der Waals surface area contributed by atoms with Crippen molar-refractivity contribution in [3.63, 3.8) is 0 Å². The number of carbonyl (C=O) groups is 1. The summed E-state index contributed by atoms with van der Waals surface area (Å²) in [7, 11) is 0. The number of carbonyl (C=O) groups excluding carboxylic acids is 1. The molecule has 0 saturated carbocycles. The predicted octanol–water partition coefficient (Wildman–Crippen LogP) is 2.44. The van der Waals surface area contributed by atoms with E-state index < -0.39 is 40.3 Å². The fourth-order valence-corrected chi connectivity index (χ4v) is 1.96. The van der Waals surface area contributed by atoms with E-state index >= 15 is 0 Å². The Kier molecular flexibility index (Phi) is 3.82. The number of nitrogens with one attached hydrogen (secondary N) is 1. The molecule has 0 aliphatic rings. The minimum absolute atomic E-state index is 0.0306. The number of nitrogens with two attached hydrogens (primary N) is 1.